The van der Waals surface area contributed by atoms with E-state index in [2.05, 4.69) is 59.9 Å². The first-order valence-electron chi connectivity index (χ1n) is 8.50. The van der Waals surface area contributed by atoms with Crippen molar-refractivity contribution in [2.24, 2.45) is 11.7 Å². The lowest BCUT2D eigenvalue weighted by molar-refractivity contribution is 0.425. The second kappa shape index (κ2) is 7.68. The fourth-order valence-corrected chi connectivity index (χ4v) is 3.21. The molecule has 4 N–H and O–H groups in total. The Bertz CT molecular complexity index is 770. The highest BCUT2D eigenvalue weighted by molar-refractivity contribution is 7.79. The van der Waals surface area contributed by atoms with E-state index in [1.165, 1.54) is 5.70 Å². The molecule has 0 aliphatic carbocycles. The molecule has 0 amide bonds. The largest absolute Gasteiger partial charge is 0.361 e. The number of allylic oxidation sites excluding steroid dienone is 1. The first-order valence-corrected chi connectivity index (χ1v) is 8.97. The Morgan fingerprint density at radius 2 is 1.96 bits per heavy atom. The van der Waals surface area contributed by atoms with Gasteiger partial charge in [0.05, 0.1) is 11.4 Å². The summed E-state index contributed by atoms with van der Waals surface area (Å²) in [6, 6.07) is 18.5. The molecule has 1 heterocycles. The van der Waals surface area contributed by atoms with Gasteiger partial charge in [-0.05, 0) is 23.6 Å². The van der Waals surface area contributed by atoms with Crippen LogP contribution in [0.5, 0.6) is 0 Å². The molecule has 0 radical (unpaired) electrons. The number of hydrogen-bond acceptors (Lipinski definition) is 5. The predicted octanol–water partition coefficient (Wildman–Crippen LogP) is 3.73. The summed E-state index contributed by atoms with van der Waals surface area (Å²) in [6.07, 6.45) is -0.0934. The number of rotatable bonds is 6. The molecule has 1 aliphatic rings. The van der Waals surface area contributed by atoms with E-state index in [0.29, 0.717) is 12.5 Å². The van der Waals surface area contributed by atoms with E-state index < -0.39 is 0 Å². The van der Waals surface area contributed by atoms with Crippen molar-refractivity contribution in [3.05, 3.63) is 71.4 Å². The summed E-state index contributed by atoms with van der Waals surface area (Å²) in [5.74, 6) is 0.356. The van der Waals surface area contributed by atoms with Crippen molar-refractivity contribution in [3.63, 3.8) is 0 Å². The number of hydrazine groups is 1. The quantitative estimate of drug-likeness (QED) is 0.692. The number of nitrogens with two attached hydrogens (primary N) is 1. The van der Waals surface area contributed by atoms with Crippen LogP contribution in [0.15, 0.2) is 60.3 Å². The van der Waals surface area contributed by atoms with Gasteiger partial charge < -0.3 is 11.1 Å². The van der Waals surface area contributed by atoms with E-state index in [1.54, 1.807) is 5.37 Å². The average molecular weight is 353 g/mol. The Kier molecular flexibility index (Phi) is 5.36. The van der Waals surface area contributed by atoms with Crippen LogP contribution in [0.1, 0.15) is 25.0 Å². The van der Waals surface area contributed by atoms with Gasteiger partial charge in [0.15, 0.2) is 0 Å². The van der Waals surface area contributed by atoms with Gasteiger partial charge in [-0.25, -0.2) is 0 Å². The summed E-state index contributed by atoms with van der Waals surface area (Å²) < 4.78 is 0. The minimum absolute atomic E-state index is 0.0934. The predicted molar refractivity (Wildman–Crippen MR) is 109 cm³/mol. The highest BCUT2D eigenvalue weighted by atomic mass is 32.1. The number of nitrogens with one attached hydrogen (secondary N) is 2. The van der Waals surface area contributed by atoms with Crippen LogP contribution in [0.3, 0.4) is 0 Å². The molecule has 1 atom stereocenters. The van der Waals surface area contributed by atoms with Crippen LogP contribution in [0.4, 0.5) is 5.69 Å². The molecule has 0 bridgehead atoms. The Morgan fingerprint density at radius 1 is 1.20 bits per heavy atom. The molecule has 0 saturated heterocycles. The summed E-state index contributed by atoms with van der Waals surface area (Å²) in [6.45, 7) is 4.89. The van der Waals surface area contributed by atoms with Crippen molar-refractivity contribution in [2.45, 2.75) is 26.6 Å². The van der Waals surface area contributed by atoms with Gasteiger partial charge in [0.2, 0.25) is 0 Å². The maximum atomic E-state index is 5.77. The van der Waals surface area contributed by atoms with Crippen molar-refractivity contribution < 1.29 is 0 Å². The van der Waals surface area contributed by atoms with Gasteiger partial charge in [-0.2, -0.15) is 0 Å². The lowest BCUT2D eigenvalue weighted by Gasteiger charge is -2.28. The molecule has 0 aromatic heterocycles. The van der Waals surface area contributed by atoms with Crippen LogP contribution in [0.2, 0.25) is 0 Å². The maximum absolute atomic E-state index is 5.77. The topological polar surface area (TPSA) is 53.3 Å². The highest BCUT2D eigenvalue weighted by Crippen LogP contribution is 2.33. The molecule has 3 rings (SSSR count). The van der Waals surface area contributed by atoms with Gasteiger partial charge >= 0.3 is 0 Å². The van der Waals surface area contributed by atoms with Crippen LogP contribution < -0.4 is 16.5 Å². The molecular weight excluding hydrogens is 328 g/mol. The summed E-state index contributed by atoms with van der Waals surface area (Å²) >= 11 is 5.28. The SMILES string of the molecule is CC(C)C1=C(c2ccccc2)N(Nc2cccc(CN)c2)C(C=S)N1. The third-order valence-electron chi connectivity index (χ3n) is 4.24. The summed E-state index contributed by atoms with van der Waals surface area (Å²) in [7, 11) is 0. The molecular formula is C20H24N4S. The van der Waals surface area contributed by atoms with E-state index in [-0.39, 0.29) is 6.17 Å². The lowest BCUT2D eigenvalue weighted by atomic mass is 10.0. The lowest BCUT2D eigenvalue weighted by Crippen LogP contribution is -2.41. The molecule has 0 fully saturated rings. The summed E-state index contributed by atoms with van der Waals surface area (Å²) in [5.41, 5.74) is 14.8. The first kappa shape index (κ1) is 17.5. The fourth-order valence-electron chi connectivity index (χ4n) is 3.02. The molecule has 0 spiro atoms. The molecule has 0 saturated carbocycles. The van der Waals surface area contributed by atoms with Gasteiger partial charge in [-0.15, -0.1) is 0 Å². The fraction of sp³-hybridized carbons (Fsp3) is 0.250. The van der Waals surface area contributed by atoms with Crippen molar-refractivity contribution in [1.29, 1.82) is 0 Å². The third-order valence-corrected chi connectivity index (χ3v) is 4.50. The van der Waals surface area contributed by atoms with E-state index in [1.807, 2.05) is 24.3 Å². The molecule has 2 aromatic carbocycles. The van der Waals surface area contributed by atoms with Gasteiger partial charge in [0, 0.05) is 23.2 Å². The standard InChI is InChI=1S/C20H24N4S/c1-14(2)19-20(16-8-4-3-5-9-16)24(18(13-25)22-19)23-17-10-6-7-15(11-17)12-21/h3-11,13-14,18,22-23H,12,21H2,1-2H3. The smallest absolute Gasteiger partial charge is 0.148 e. The Hall–Kier alpha value is -2.37. The second-order valence-corrected chi connectivity index (χ2v) is 6.67. The van der Waals surface area contributed by atoms with Crippen molar-refractivity contribution in [1.82, 2.24) is 10.3 Å². The van der Waals surface area contributed by atoms with Crippen molar-refractivity contribution in [3.8, 4) is 0 Å². The highest BCUT2D eigenvalue weighted by Gasteiger charge is 2.32. The normalized spacial score (nSPS) is 17.0. The number of benzene rings is 2. The van der Waals surface area contributed by atoms with Gasteiger partial charge in [-0.3, -0.25) is 10.4 Å². The van der Waals surface area contributed by atoms with Crippen molar-refractivity contribution in [2.75, 3.05) is 5.43 Å². The first-order chi connectivity index (χ1) is 12.1. The van der Waals surface area contributed by atoms with E-state index in [4.69, 9.17) is 18.0 Å². The van der Waals surface area contributed by atoms with Crippen LogP contribution in [0, 0.1) is 5.92 Å². The van der Waals surface area contributed by atoms with Crippen LogP contribution >= 0.6 is 12.2 Å². The van der Waals surface area contributed by atoms with Crippen LogP contribution in [-0.4, -0.2) is 16.5 Å². The number of nitrogens with zero attached hydrogens (tertiary/aromatic N) is 1. The van der Waals surface area contributed by atoms with E-state index >= 15 is 0 Å². The maximum Gasteiger partial charge on any atom is 0.148 e. The minimum Gasteiger partial charge on any atom is -0.361 e. The number of anilines is 1. The van der Waals surface area contributed by atoms with Crippen LogP contribution in [0.25, 0.3) is 5.70 Å². The zero-order valence-corrected chi connectivity index (χ0v) is 15.4. The molecule has 5 heteroatoms. The molecule has 130 valence electrons. The Morgan fingerprint density at radius 3 is 2.60 bits per heavy atom. The third kappa shape index (κ3) is 3.67. The molecule has 1 unspecified atom stereocenters. The molecule has 4 nitrogen and oxygen atoms in total. The number of hydrogen-bond donors (Lipinski definition) is 3. The molecule has 25 heavy (non-hydrogen) atoms. The molecule has 1 aliphatic heterocycles. The summed E-state index contributed by atoms with van der Waals surface area (Å²) in [5, 5.41) is 7.40. The Balaban J connectivity index is 2.02. The zero-order valence-electron chi connectivity index (χ0n) is 14.6. The van der Waals surface area contributed by atoms with E-state index in [0.717, 1.165) is 22.5 Å². The van der Waals surface area contributed by atoms with Gasteiger partial charge in [-0.1, -0.05) is 68.5 Å². The second-order valence-electron chi connectivity index (χ2n) is 6.39. The summed E-state index contributed by atoms with van der Waals surface area (Å²) in [4.78, 5) is 0. The average Bonchev–Trinajstić information content (AvgIpc) is 3.01. The molecule has 2 aromatic rings. The van der Waals surface area contributed by atoms with Crippen LogP contribution in [-0.2, 0) is 6.54 Å². The monoisotopic (exact) mass is 352 g/mol. The van der Waals surface area contributed by atoms with E-state index in [9.17, 15) is 0 Å². The number of thiocarbonyl (C=S) groups is 1. The minimum atomic E-state index is -0.0934. The van der Waals surface area contributed by atoms with Gasteiger partial charge in [0.1, 0.15) is 6.17 Å². The van der Waals surface area contributed by atoms with Crippen molar-refractivity contribution >= 4 is 29.0 Å². The van der Waals surface area contributed by atoms with Gasteiger partial charge in [0.25, 0.3) is 0 Å². The Labute approximate surface area is 154 Å². The zero-order chi connectivity index (χ0) is 17.8.